The summed E-state index contributed by atoms with van der Waals surface area (Å²) in [7, 11) is -3.80. The molecule has 0 spiro atoms. The Morgan fingerprint density at radius 1 is 1.04 bits per heavy atom. The molecule has 0 aliphatic carbocycles. The molecule has 0 saturated heterocycles. The second-order valence-corrected chi connectivity index (χ2v) is 6.11. The van der Waals surface area contributed by atoms with Gasteiger partial charge in [0.15, 0.2) is 0 Å². The van der Waals surface area contributed by atoms with Crippen LogP contribution in [0, 0.1) is 0 Å². The quantitative estimate of drug-likeness (QED) is 0.487. The van der Waals surface area contributed by atoms with E-state index in [0.29, 0.717) is 5.69 Å². The average molecular weight is 335 g/mol. The third kappa shape index (κ3) is 3.81. The van der Waals surface area contributed by atoms with Gasteiger partial charge in [-0.1, -0.05) is 0 Å². The number of rotatable bonds is 4. The highest BCUT2D eigenvalue weighted by Gasteiger charge is 2.14. The van der Waals surface area contributed by atoms with Gasteiger partial charge in [-0.2, -0.15) is 5.11 Å². The molecule has 9 nitrogen and oxygen atoms in total. The fraction of sp³-hybridized carbons (Fsp3) is 0. The number of benzene rings is 2. The van der Waals surface area contributed by atoms with Crippen molar-refractivity contribution in [3.05, 3.63) is 42.0 Å². The van der Waals surface area contributed by atoms with E-state index in [0.717, 1.165) is 0 Å². The summed E-state index contributed by atoms with van der Waals surface area (Å²) in [5.74, 6) is -1.25. The molecular weight excluding hydrogens is 322 g/mol. The van der Waals surface area contributed by atoms with E-state index in [1.165, 1.54) is 36.4 Å². The van der Waals surface area contributed by atoms with Gasteiger partial charge < -0.3 is 16.6 Å². The molecule has 0 aromatic heterocycles. The molecule has 0 heterocycles. The van der Waals surface area contributed by atoms with Crippen LogP contribution in [0.25, 0.3) is 0 Å². The molecule has 2 rings (SSSR count). The standard InChI is InChI=1S/C13H13N5O4S/c14-7-5-10(13(19)20)12(11(15)6-7)18-17-8-1-3-9(4-2-8)23(16,21)22/h1-6H,14-15H2,(H,19,20)(H2,16,21,22). The predicted octanol–water partition coefficient (Wildman–Crippen LogP) is 1.61. The highest BCUT2D eigenvalue weighted by Crippen LogP contribution is 2.31. The third-order valence-corrected chi connectivity index (χ3v) is 3.75. The minimum absolute atomic E-state index is 0.0396. The van der Waals surface area contributed by atoms with Crippen LogP contribution < -0.4 is 16.6 Å². The summed E-state index contributed by atoms with van der Waals surface area (Å²) in [5.41, 5.74) is 11.6. The fourth-order valence-electron chi connectivity index (χ4n) is 1.76. The molecule has 10 heteroatoms. The van der Waals surface area contributed by atoms with Crippen LogP contribution in [-0.2, 0) is 10.0 Å². The SMILES string of the molecule is Nc1cc(N)c(N=Nc2ccc(S(N)(=O)=O)cc2)c(C(=O)O)c1. The Morgan fingerprint density at radius 3 is 2.17 bits per heavy atom. The van der Waals surface area contributed by atoms with E-state index in [4.69, 9.17) is 21.7 Å². The minimum Gasteiger partial charge on any atom is -0.478 e. The first-order valence-corrected chi connectivity index (χ1v) is 7.70. The molecule has 0 fully saturated rings. The zero-order valence-electron chi connectivity index (χ0n) is 11.7. The summed E-state index contributed by atoms with van der Waals surface area (Å²) in [6.45, 7) is 0. The van der Waals surface area contributed by atoms with E-state index in [-0.39, 0.29) is 27.5 Å². The maximum absolute atomic E-state index is 11.2. The van der Waals surface area contributed by atoms with Gasteiger partial charge in [0, 0.05) is 5.69 Å². The van der Waals surface area contributed by atoms with Crippen LogP contribution in [0.15, 0.2) is 51.5 Å². The number of aromatic carboxylic acids is 1. The second kappa shape index (κ2) is 6.02. The van der Waals surface area contributed by atoms with Crippen molar-refractivity contribution in [1.82, 2.24) is 0 Å². The van der Waals surface area contributed by atoms with Crippen LogP contribution in [0.5, 0.6) is 0 Å². The molecule has 2 aromatic rings. The van der Waals surface area contributed by atoms with Crippen molar-refractivity contribution in [2.24, 2.45) is 15.4 Å². The minimum atomic E-state index is -3.80. The number of hydrogen-bond acceptors (Lipinski definition) is 7. The maximum atomic E-state index is 11.2. The maximum Gasteiger partial charge on any atom is 0.338 e. The van der Waals surface area contributed by atoms with Gasteiger partial charge in [-0.3, -0.25) is 0 Å². The van der Waals surface area contributed by atoms with E-state index in [1.807, 2.05) is 0 Å². The molecule has 23 heavy (non-hydrogen) atoms. The van der Waals surface area contributed by atoms with Crippen molar-refractivity contribution in [2.75, 3.05) is 11.5 Å². The number of azo groups is 1. The molecule has 0 unspecified atom stereocenters. The molecule has 7 N–H and O–H groups in total. The lowest BCUT2D eigenvalue weighted by Crippen LogP contribution is -2.11. The summed E-state index contributed by atoms with van der Waals surface area (Å²) in [4.78, 5) is 11.1. The highest BCUT2D eigenvalue weighted by molar-refractivity contribution is 7.89. The van der Waals surface area contributed by atoms with Gasteiger partial charge in [-0.05, 0) is 36.4 Å². The summed E-state index contributed by atoms with van der Waals surface area (Å²) < 4.78 is 22.3. The van der Waals surface area contributed by atoms with Crippen LogP contribution in [-0.4, -0.2) is 19.5 Å². The molecule has 0 bridgehead atoms. The number of nitrogens with two attached hydrogens (primary N) is 3. The fourth-order valence-corrected chi connectivity index (χ4v) is 2.28. The number of nitrogen functional groups attached to an aromatic ring is 2. The normalized spacial score (nSPS) is 11.7. The van der Waals surface area contributed by atoms with Crippen LogP contribution >= 0.6 is 0 Å². The molecule has 0 radical (unpaired) electrons. The van der Waals surface area contributed by atoms with E-state index >= 15 is 0 Å². The second-order valence-electron chi connectivity index (χ2n) is 4.55. The van der Waals surface area contributed by atoms with Crippen molar-refractivity contribution in [3.8, 4) is 0 Å². The lowest BCUT2D eigenvalue weighted by Gasteiger charge is -2.05. The molecule has 120 valence electrons. The third-order valence-electron chi connectivity index (χ3n) is 2.82. The van der Waals surface area contributed by atoms with Crippen molar-refractivity contribution >= 4 is 38.7 Å². The van der Waals surface area contributed by atoms with E-state index in [2.05, 4.69) is 10.2 Å². The number of sulfonamides is 1. The monoisotopic (exact) mass is 335 g/mol. The summed E-state index contributed by atoms with van der Waals surface area (Å²) in [6.07, 6.45) is 0. The first-order chi connectivity index (χ1) is 10.7. The van der Waals surface area contributed by atoms with Gasteiger partial charge >= 0.3 is 5.97 Å². The number of carbonyl (C=O) groups is 1. The largest absolute Gasteiger partial charge is 0.478 e. The topological polar surface area (TPSA) is 174 Å². The Balaban J connectivity index is 2.39. The van der Waals surface area contributed by atoms with E-state index in [1.54, 1.807) is 0 Å². The average Bonchev–Trinajstić information content (AvgIpc) is 2.45. The number of hydrogen-bond donors (Lipinski definition) is 4. The van der Waals surface area contributed by atoms with Gasteiger partial charge in [-0.15, -0.1) is 5.11 Å². The summed E-state index contributed by atoms with van der Waals surface area (Å²) in [6, 6.07) is 7.85. The zero-order valence-corrected chi connectivity index (χ0v) is 12.5. The van der Waals surface area contributed by atoms with Crippen LogP contribution in [0.3, 0.4) is 0 Å². The number of anilines is 2. The molecule has 0 saturated carbocycles. The van der Waals surface area contributed by atoms with Crippen molar-refractivity contribution in [1.29, 1.82) is 0 Å². The lowest BCUT2D eigenvalue weighted by atomic mass is 10.1. The molecule has 0 aliphatic rings. The van der Waals surface area contributed by atoms with Crippen molar-refractivity contribution < 1.29 is 18.3 Å². The lowest BCUT2D eigenvalue weighted by molar-refractivity contribution is 0.0698. The zero-order chi connectivity index (χ0) is 17.2. The highest BCUT2D eigenvalue weighted by atomic mass is 32.2. The van der Waals surface area contributed by atoms with E-state index in [9.17, 15) is 13.2 Å². The van der Waals surface area contributed by atoms with Crippen LogP contribution in [0.2, 0.25) is 0 Å². The first kappa shape index (κ1) is 16.4. The number of carboxylic acids is 1. The number of carboxylic acid groups (broad SMARTS) is 1. The van der Waals surface area contributed by atoms with E-state index < -0.39 is 16.0 Å². The van der Waals surface area contributed by atoms with Gasteiger partial charge in [0.2, 0.25) is 10.0 Å². The summed E-state index contributed by atoms with van der Waals surface area (Å²) >= 11 is 0. The van der Waals surface area contributed by atoms with Gasteiger partial charge in [-0.25, -0.2) is 18.4 Å². The number of nitrogens with zero attached hydrogens (tertiary/aromatic N) is 2. The Labute approximate surface area is 131 Å². The predicted molar refractivity (Wildman–Crippen MR) is 84.2 cm³/mol. The van der Waals surface area contributed by atoms with Crippen LogP contribution in [0.1, 0.15) is 10.4 Å². The van der Waals surface area contributed by atoms with Crippen LogP contribution in [0.4, 0.5) is 22.7 Å². The van der Waals surface area contributed by atoms with Gasteiger partial charge in [0.1, 0.15) is 5.69 Å². The Hall–Kier alpha value is -2.98. The Bertz CT molecular complexity index is 891. The van der Waals surface area contributed by atoms with Gasteiger partial charge in [0.05, 0.1) is 21.8 Å². The summed E-state index contributed by atoms with van der Waals surface area (Å²) in [5, 5.41) is 21.8. The molecule has 0 atom stereocenters. The molecule has 0 amide bonds. The Kier molecular flexibility index (Phi) is 4.29. The van der Waals surface area contributed by atoms with Crippen molar-refractivity contribution in [3.63, 3.8) is 0 Å². The molecule has 2 aromatic carbocycles. The smallest absolute Gasteiger partial charge is 0.338 e. The first-order valence-electron chi connectivity index (χ1n) is 6.15. The van der Waals surface area contributed by atoms with Crippen molar-refractivity contribution in [2.45, 2.75) is 4.90 Å². The molecular formula is C13H13N5O4S. The van der Waals surface area contributed by atoms with Gasteiger partial charge in [0.25, 0.3) is 0 Å². The Morgan fingerprint density at radius 2 is 1.65 bits per heavy atom. The number of primary sulfonamides is 1. The molecule has 0 aliphatic heterocycles.